The first-order chi connectivity index (χ1) is 9.87. The van der Waals surface area contributed by atoms with Crippen molar-refractivity contribution < 1.29 is 0 Å². The number of unbranched alkanes of at least 4 members (excludes halogenated alkanes) is 1. The van der Waals surface area contributed by atoms with Gasteiger partial charge in [-0.2, -0.15) is 0 Å². The number of rotatable bonds is 8. The third kappa shape index (κ3) is 6.45. The highest BCUT2D eigenvalue weighted by Crippen LogP contribution is 2.23. The van der Waals surface area contributed by atoms with Crippen LogP contribution in [0.5, 0.6) is 0 Å². The van der Waals surface area contributed by atoms with Gasteiger partial charge in [0, 0.05) is 31.3 Å². The highest BCUT2D eigenvalue weighted by molar-refractivity contribution is 5.45. The average Bonchev–Trinajstić information content (AvgIpc) is 2.41. The van der Waals surface area contributed by atoms with Crippen molar-refractivity contribution >= 4 is 5.82 Å². The van der Waals surface area contributed by atoms with Gasteiger partial charge >= 0.3 is 0 Å². The Bertz CT molecular complexity index is 421. The van der Waals surface area contributed by atoms with Crippen LogP contribution in [0.4, 0.5) is 5.82 Å². The molecule has 0 aromatic carbocycles. The van der Waals surface area contributed by atoms with Gasteiger partial charge in [-0.3, -0.25) is 0 Å². The standard InChI is InChI=1S/C18H33N3/c1-7-9-12-21(13-11-18(4,5)6)17-15(3)14-19-16(20-17)10-8-2/h14H,7-13H2,1-6H3. The number of hydrogen-bond donors (Lipinski definition) is 0. The minimum atomic E-state index is 0.359. The fraction of sp³-hybridized carbons (Fsp3) is 0.778. The smallest absolute Gasteiger partial charge is 0.135 e. The van der Waals surface area contributed by atoms with Gasteiger partial charge in [0.05, 0.1) is 0 Å². The summed E-state index contributed by atoms with van der Waals surface area (Å²) >= 11 is 0. The number of aryl methyl sites for hydroxylation is 2. The van der Waals surface area contributed by atoms with Crippen molar-refractivity contribution in [1.29, 1.82) is 0 Å². The van der Waals surface area contributed by atoms with Crippen molar-refractivity contribution in [3.63, 3.8) is 0 Å². The third-order valence-electron chi connectivity index (χ3n) is 3.68. The lowest BCUT2D eigenvalue weighted by Crippen LogP contribution is -2.30. The number of aromatic nitrogens is 2. The van der Waals surface area contributed by atoms with Crippen LogP contribution in [0.3, 0.4) is 0 Å². The predicted octanol–water partition coefficient (Wildman–Crippen LogP) is 4.78. The Morgan fingerprint density at radius 1 is 1.10 bits per heavy atom. The molecule has 0 saturated heterocycles. The topological polar surface area (TPSA) is 29.0 Å². The molecule has 0 saturated carbocycles. The minimum Gasteiger partial charge on any atom is -0.356 e. The van der Waals surface area contributed by atoms with Gasteiger partial charge in [0.25, 0.3) is 0 Å². The van der Waals surface area contributed by atoms with E-state index in [4.69, 9.17) is 4.98 Å². The Kier molecular flexibility index (Phi) is 7.13. The summed E-state index contributed by atoms with van der Waals surface area (Å²) in [5.74, 6) is 2.13. The van der Waals surface area contributed by atoms with Gasteiger partial charge in [-0.25, -0.2) is 9.97 Å². The van der Waals surface area contributed by atoms with Gasteiger partial charge in [0.1, 0.15) is 11.6 Å². The largest absolute Gasteiger partial charge is 0.356 e. The second-order valence-corrected chi connectivity index (χ2v) is 7.19. The Hall–Kier alpha value is -1.12. The molecule has 0 spiro atoms. The van der Waals surface area contributed by atoms with Crippen LogP contribution in [0.25, 0.3) is 0 Å². The maximum atomic E-state index is 4.83. The summed E-state index contributed by atoms with van der Waals surface area (Å²) in [6.45, 7) is 15.6. The van der Waals surface area contributed by atoms with Crippen LogP contribution in [-0.2, 0) is 6.42 Å². The lowest BCUT2D eigenvalue weighted by Gasteiger charge is -2.29. The van der Waals surface area contributed by atoms with Crippen molar-refractivity contribution in [1.82, 2.24) is 9.97 Å². The Morgan fingerprint density at radius 3 is 2.38 bits per heavy atom. The van der Waals surface area contributed by atoms with E-state index in [1.54, 1.807) is 0 Å². The summed E-state index contributed by atoms with van der Waals surface area (Å²) in [6.07, 6.45) is 7.68. The molecule has 0 amide bonds. The van der Waals surface area contributed by atoms with E-state index in [0.29, 0.717) is 5.41 Å². The monoisotopic (exact) mass is 291 g/mol. The quantitative estimate of drug-likeness (QED) is 0.690. The van der Waals surface area contributed by atoms with E-state index in [1.165, 1.54) is 24.8 Å². The summed E-state index contributed by atoms with van der Waals surface area (Å²) in [7, 11) is 0. The number of nitrogens with zero attached hydrogens (tertiary/aromatic N) is 3. The summed E-state index contributed by atoms with van der Waals surface area (Å²) in [6, 6.07) is 0. The van der Waals surface area contributed by atoms with E-state index in [1.807, 2.05) is 6.20 Å². The zero-order chi connectivity index (χ0) is 15.9. The molecule has 0 radical (unpaired) electrons. The molecule has 120 valence electrons. The molecule has 3 heteroatoms. The summed E-state index contributed by atoms with van der Waals surface area (Å²) in [5, 5.41) is 0. The lowest BCUT2D eigenvalue weighted by atomic mass is 9.92. The van der Waals surface area contributed by atoms with Gasteiger partial charge in [-0.1, -0.05) is 41.0 Å². The van der Waals surface area contributed by atoms with Gasteiger partial charge in [-0.15, -0.1) is 0 Å². The molecule has 21 heavy (non-hydrogen) atoms. The van der Waals surface area contributed by atoms with Crippen molar-refractivity contribution in [2.75, 3.05) is 18.0 Å². The third-order valence-corrected chi connectivity index (χ3v) is 3.68. The molecule has 0 aliphatic heterocycles. The first-order valence-electron chi connectivity index (χ1n) is 8.45. The van der Waals surface area contributed by atoms with Crippen molar-refractivity contribution in [3.05, 3.63) is 17.6 Å². The summed E-state index contributed by atoms with van der Waals surface area (Å²) < 4.78 is 0. The second kappa shape index (κ2) is 8.35. The first kappa shape index (κ1) is 17.9. The van der Waals surface area contributed by atoms with Gasteiger partial charge < -0.3 is 4.90 Å². The Balaban J connectivity index is 2.92. The average molecular weight is 291 g/mol. The zero-order valence-corrected chi connectivity index (χ0v) is 14.9. The minimum absolute atomic E-state index is 0.359. The van der Waals surface area contributed by atoms with Crippen LogP contribution >= 0.6 is 0 Å². The molecule has 0 unspecified atom stereocenters. The van der Waals surface area contributed by atoms with Crippen molar-refractivity contribution in [3.8, 4) is 0 Å². The molecule has 0 fully saturated rings. The maximum Gasteiger partial charge on any atom is 0.135 e. The molecule has 0 aliphatic rings. The summed E-state index contributed by atoms with van der Waals surface area (Å²) in [4.78, 5) is 11.8. The predicted molar refractivity (Wildman–Crippen MR) is 92.0 cm³/mol. The van der Waals surface area contributed by atoms with Crippen LogP contribution in [0.1, 0.15) is 71.7 Å². The summed E-state index contributed by atoms with van der Waals surface area (Å²) in [5.41, 5.74) is 1.55. The van der Waals surface area contributed by atoms with Gasteiger partial charge in [0.15, 0.2) is 0 Å². The van der Waals surface area contributed by atoms with Crippen molar-refractivity contribution in [2.24, 2.45) is 5.41 Å². The number of anilines is 1. The molecule has 0 atom stereocenters. The zero-order valence-electron chi connectivity index (χ0n) is 14.9. The van der Waals surface area contributed by atoms with Crippen LogP contribution in [0, 0.1) is 12.3 Å². The Labute approximate surface area is 131 Å². The van der Waals surface area contributed by atoms with Crippen LogP contribution in [-0.4, -0.2) is 23.1 Å². The first-order valence-corrected chi connectivity index (χ1v) is 8.45. The molecule has 1 aromatic rings. The van der Waals surface area contributed by atoms with E-state index in [2.05, 4.69) is 51.4 Å². The van der Waals surface area contributed by atoms with Gasteiger partial charge in [-0.05, 0) is 31.6 Å². The molecule has 1 heterocycles. The highest BCUT2D eigenvalue weighted by Gasteiger charge is 2.16. The molecule has 1 aromatic heterocycles. The molecule has 1 rings (SSSR count). The van der Waals surface area contributed by atoms with Crippen LogP contribution in [0.15, 0.2) is 6.20 Å². The van der Waals surface area contributed by atoms with E-state index >= 15 is 0 Å². The Morgan fingerprint density at radius 2 is 1.81 bits per heavy atom. The maximum absolute atomic E-state index is 4.83. The molecule has 0 aliphatic carbocycles. The van der Waals surface area contributed by atoms with Gasteiger partial charge in [0.2, 0.25) is 0 Å². The molecule has 0 bridgehead atoms. The van der Waals surface area contributed by atoms with Crippen LogP contribution in [0.2, 0.25) is 0 Å². The SMILES string of the molecule is CCCCN(CCC(C)(C)C)c1nc(CCC)ncc1C. The van der Waals surface area contributed by atoms with E-state index in [0.717, 1.165) is 37.6 Å². The molecular formula is C18H33N3. The van der Waals surface area contributed by atoms with Crippen LogP contribution < -0.4 is 4.90 Å². The number of hydrogen-bond acceptors (Lipinski definition) is 3. The highest BCUT2D eigenvalue weighted by atomic mass is 15.2. The fourth-order valence-electron chi connectivity index (χ4n) is 2.28. The normalized spacial score (nSPS) is 11.7. The van der Waals surface area contributed by atoms with E-state index < -0.39 is 0 Å². The van der Waals surface area contributed by atoms with E-state index in [9.17, 15) is 0 Å². The van der Waals surface area contributed by atoms with Crippen molar-refractivity contribution in [2.45, 2.75) is 73.6 Å². The fourth-order valence-corrected chi connectivity index (χ4v) is 2.28. The molecule has 0 N–H and O–H groups in total. The molecule has 3 nitrogen and oxygen atoms in total. The molecular weight excluding hydrogens is 258 g/mol. The van der Waals surface area contributed by atoms with E-state index in [-0.39, 0.29) is 0 Å². The lowest BCUT2D eigenvalue weighted by molar-refractivity contribution is 0.377. The second-order valence-electron chi connectivity index (χ2n) is 7.19.